The zero-order valence-electron chi connectivity index (χ0n) is 8.98. The molecule has 0 aliphatic carbocycles. The van der Waals surface area contributed by atoms with Gasteiger partial charge < -0.3 is 14.9 Å². The molecule has 7 heteroatoms. The van der Waals surface area contributed by atoms with Gasteiger partial charge in [0, 0.05) is 16.2 Å². The first-order valence-electron chi connectivity index (χ1n) is 4.94. The van der Waals surface area contributed by atoms with Crippen LogP contribution in [0.15, 0.2) is 33.3 Å². The molecule has 0 fully saturated rings. The second-order valence-corrected chi connectivity index (χ2v) is 4.73. The first-order chi connectivity index (χ1) is 8.56. The molecule has 18 heavy (non-hydrogen) atoms. The van der Waals surface area contributed by atoms with E-state index < -0.39 is 5.97 Å². The van der Waals surface area contributed by atoms with Gasteiger partial charge in [-0.2, -0.15) is 0 Å². The third-order valence-electron chi connectivity index (χ3n) is 2.16. The van der Waals surface area contributed by atoms with Crippen molar-refractivity contribution >= 4 is 39.2 Å². The Morgan fingerprint density at radius 3 is 2.89 bits per heavy atom. The first-order valence-corrected chi connectivity index (χ1v) is 6.11. The minimum Gasteiger partial charge on any atom is -0.476 e. The quantitative estimate of drug-likeness (QED) is 0.898. The van der Waals surface area contributed by atoms with Gasteiger partial charge in [0.1, 0.15) is 0 Å². The summed E-state index contributed by atoms with van der Waals surface area (Å²) < 4.78 is 5.65. The summed E-state index contributed by atoms with van der Waals surface area (Å²) in [4.78, 5) is 10.6. The third kappa shape index (κ3) is 3.02. The third-order valence-corrected chi connectivity index (χ3v) is 3.38. The number of aromatic carboxylic acids is 1. The van der Waals surface area contributed by atoms with Gasteiger partial charge in [-0.25, -0.2) is 4.79 Å². The van der Waals surface area contributed by atoms with Gasteiger partial charge in [-0.15, -0.1) is 0 Å². The molecule has 2 rings (SSSR count). The molecular weight excluding hydrogens is 323 g/mol. The summed E-state index contributed by atoms with van der Waals surface area (Å²) >= 11 is 9.18. The van der Waals surface area contributed by atoms with Gasteiger partial charge >= 0.3 is 5.97 Å². The second-order valence-electron chi connectivity index (χ2n) is 3.47. The summed E-state index contributed by atoms with van der Waals surface area (Å²) in [7, 11) is 0. The number of benzene rings is 1. The molecule has 1 aromatic carbocycles. The number of carboxylic acid groups (broad SMARTS) is 1. The largest absolute Gasteiger partial charge is 0.476 e. The van der Waals surface area contributed by atoms with Crippen molar-refractivity contribution in [1.82, 2.24) is 5.16 Å². The fourth-order valence-electron chi connectivity index (χ4n) is 1.29. The number of halogens is 2. The van der Waals surface area contributed by atoms with Crippen molar-refractivity contribution in [2.45, 2.75) is 6.54 Å². The number of nitrogens with one attached hydrogen (secondary N) is 1. The number of hydrogen-bond donors (Lipinski definition) is 2. The summed E-state index contributed by atoms with van der Waals surface area (Å²) in [6.07, 6.45) is 0. The van der Waals surface area contributed by atoms with Crippen LogP contribution in [0.3, 0.4) is 0 Å². The standard InChI is InChI=1S/C11H8BrClN2O3/c12-8-3-6(1-2-9(8)13)14-5-7-4-10(11(16)17)15-18-7/h1-4,14H,5H2,(H,16,17). The van der Waals surface area contributed by atoms with E-state index in [0.29, 0.717) is 17.3 Å². The Morgan fingerprint density at radius 1 is 1.50 bits per heavy atom. The molecule has 2 aromatic rings. The van der Waals surface area contributed by atoms with Crippen LogP contribution >= 0.6 is 27.5 Å². The molecule has 0 atom stereocenters. The fraction of sp³-hybridized carbons (Fsp3) is 0.0909. The molecular formula is C11H8BrClN2O3. The summed E-state index contributed by atoms with van der Waals surface area (Å²) in [5.74, 6) is -0.669. The zero-order chi connectivity index (χ0) is 13.1. The number of rotatable bonds is 4. The van der Waals surface area contributed by atoms with E-state index in [2.05, 4.69) is 26.4 Å². The Labute approximate surface area is 116 Å². The molecule has 0 spiro atoms. The molecule has 1 aromatic heterocycles. The summed E-state index contributed by atoms with van der Waals surface area (Å²) in [5.41, 5.74) is 0.726. The van der Waals surface area contributed by atoms with Gasteiger partial charge in [0.2, 0.25) is 0 Å². The Morgan fingerprint density at radius 2 is 2.28 bits per heavy atom. The van der Waals surface area contributed by atoms with Crippen molar-refractivity contribution in [2.24, 2.45) is 0 Å². The van der Waals surface area contributed by atoms with Crippen LogP contribution in [0.4, 0.5) is 5.69 Å². The van der Waals surface area contributed by atoms with Crippen LogP contribution in [0.5, 0.6) is 0 Å². The van der Waals surface area contributed by atoms with Crippen LogP contribution in [-0.4, -0.2) is 16.2 Å². The maximum atomic E-state index is 10.6. The van der Waals surface area contributed by atoms with Crippen molar-refractivity contribution < 1.29 is 14.4 Å². The maximum absolute atomic E-state index is 10.6. The van der Waals surface area contributed by atoms with Crippen LogP contribution in [0, 0.1) is 0 Å². The van der Waals surface area contributed by atoms with E-state index in [9.17, 15) is 4.79 Å². The number of hydrogen-bond acceptors (Lipinski definition) is 4. The van der Waals surface area contributed by atoms with E-state index in [1.807, 2.05) is 12.1 Å². The predicted molar refractivity (Wildman–Crippen MR) is 69.9 cm³/mol. The van der Waals surface area contributed by atoms with E-state index in [0.717, 1.165) is 10.2 Å². The smallest absolute Gasteiger partial charge is 0.358 e. The lowest BCUT2D eigenvalue weighted by Gasteiger charge is -2.04. The van der Waals surface area contributed by atoms with Crippen LogP contribution in [0.25, 0.3) is 0 Å². The number of carbonyl (C=O) groups is 1. The molecule has 0 radical (unpaired) electrons. The van der Waals surface area contributed by atoms with Crippen LogP contribution in [0.1, 0.15) is 16.2 Å². The molecule has 5 nitrogen and oxygen atoms in total. The Hall–Kier alpha value is -1.53. The monoisotopic (exact) mass is 330 g/mol. The highest BCUT2D eigenvalue weighted by Crippen LogP contribution is 2.25. The van der Waals surface area contributed by atoms with Crippen molar-refractivity contribution in [3.8, 4) is 0 Å². The fourth-order valence-corrected chi connectivity index (χ4v) is 1.79. The number of aromatic nitrogens is 1. The Kier molecular flexibility index (Phi) is 3.88. The summed E-state index contributed by atoms with van der Waals surface area (Å²) in [5, 5.41) is 15.8. The van der Waals surface area contributed by atoms with E-state index in [1.165, 1.54) is 6.07 Å². The molecule has 0 unspecified atom stereocenters. The first kappa shape index (κ1) is 12.9. The van der Waals surface area contributed by atoms with Gasteiger partial charge in [0.25, 0.3) is 0 Å². The average molecular weight is 332 g/mol. The lowest BCUT2D eigenvalue weighted by Crippen LogP contribution is -1.98. The van der Waals surface area contributed by atoms with Crippen LogP contribution in [-0.2, 0) is 6.54 Å². The predicted octanol–water partition coefficient (Wildman–Crippen LogP) is 3.40. The van der Waals surface area contributed by atoms with Gasteiger partial charge in [-0.3, -0.25) is 0 Å². The Balaban J connectivity index is 2.02. The molecule has 0 saturated carbocycles. The van der Waals surface area contributed by atoms with E-state index >= 15 is 0 Å². The molecule has 2 N–H and O–H groups in total. The minimum absolute atomic E-state index is 0.107. The topological polar surface area (TPSA) is 75.4 Å². The molecule has 0 aliphatic heterocycles. The normalized spacial score (nSPS) is 10.3. The molecule has 0 aliphatic rings. The zero-order valence-corrected chi connectivity index (χ0v) is 11.3. The van der Waals surface area contributed by atoms with E-state index in [-0.39, 0.29) is 5.69 Å². The SMILES string of the molecule is O=C(O)c1cc(CNc2ccc(Cl)c(Br)c2)on1. The van der Waals surface area contributed by atoms with Crippen molar-refractivity contribution in [3.63, 3.8) is 0 Å². The summed E-state index contributed by atoms with van der Waals surface area (Å²) in [6.45, 7) is 0.342. The molecule has 0 amide bonds. The number of anilines is 1. The van der Waals surface area contributed by atoms with Gasteiger partial charge in [0.05, 0.1) is 11.6 Å². The highest BCUT2D eigenvalue weighted by Gasteiger charge is 2.10. The Bertz CT molecular complexity index is 585. The lowest BCUT2D eigenvalue weighted by atomic mass is 10.3. The van der Waals surface area contributed by atoms with Crippen LogP contribution < -0.4 is 5.32 Å². The summed E-state index contributed by atoms with van der Waals surface area (Å²) in [6, 6.07) is 6.75. The number of carboxylic acids is 1. The molecule has 1 heterocycles. The van der Waals surface area contributed by atoms with Crippen molar-refractivity contribution in [1.29, 1.82) is 0 Å². The van der Waals surface area contributed by atoms with Gasteiger partial charge in [-0.05, 0) is 34.1 Å². The van der Waals surface area contributed by atoms with Gasteiger partial charge in [0.15, 0.2) is 11.5 Å². The highest BCUT2D eigenvalue weighted by molar-refractivity contribution is 9.10. The molecule has 0 bridgehead atoms. The van der Waals surface area contributed by atoms with E-state index in [1.54, 1.807) is 6.07 Å². The maximum Gasteiger partial charge on any atom is 0.358 e. The molecule has 0 saturated heterocycles. The van der Waals surface area contributed by atoms with Crippen LogP contribution in [0.2, 0.25) is 5.02 Å². The van der Waals surface area contributed by atoms with E-state index in [4.69, 9.17) is 21.2 Å². The second kappa shape index (κ2) is 5.41. The minimum atomic E-state index is -1.11. The van der Waals surface area contributed by atoms with Gasteiger partial charge in [-0.1, -0.05) is 16.8 Å². The lowest BCUT2D eigenvalue weighted by molar-refractivity contribution is 0.0685. The number of nitrogens with zero attached hydrogens (tertiary/aromatic N) is 1. The highest BCUT2D eigenvalue weighted by atomic mass is 79.9. The van der Waals surface area contributed by atoms with Crippen molar-refractivity contribution in [3.05, 3.63) is 45.2 Å². The average Bonchev–Trinajstić information content (AvgIpc) is 2.79. The van der Waals surface area contributed by atoms with Crippen molar-refractivity contribution in [2.75, 3.05) is 5.32 Å². The molecule has 94 valence electrons.